The van der Waals surface area contributed by atoms with Crippen molar-refractivity contribution in [2.45, 2.75) is 44.1 Å². The zero-order chi connectivity index (χ0) is 23.3. The minimum Gasteiger partial charge on any atom is -0.449 e. The molecule has 168 valence electrons. The molecule has 1 atom stereocenters. The van der Waals surface area contributed by atoms with Gasteiger partial charge in [-0.25, -0.2) is 9.18 Å². The first kappa shape index (κ1) is 23.5. The lowest BCUT2D eigenvalue weighted by atomic mass is 10.2. The van der Waals surface area contributed by atoms with E-state index in [0.29, 0.717) is 16.9 Å². The van der Waals surface area contributed by atoms with Crippen molar-refractivity contribution >= 4 is 23.6 Å². The third-order valence-electron chi connectivity index (χ3n) is 4.98. The van der Waals surface area contributed by atoms with E-state index in [0.717, 1.165) is 21.9 Å². The Morgan fingerprint density at radius 2 is 1.94 bits per heavy atom. The predicted molar refractivity (Wildman–Crippen MR) is 120 cm³/mol. The van der Waals surface area contributed by atoms with Crippen molar-refractivity contribution in [2.75, 3.05) is 7.05 Å². The fourth-order valence-corrected chi connectivity index (χ4v) is 4.38. The van der Waals surface area contributed by atoms with Crippen LogP contribution in [-0.2, 0) is 21.8 Å². The number of amides is 1. The van der Waals surface area contributed by atoms with Gasteiger partial charge in [-0.15, -0.1) is 11.8 Å². The molecule has 0 aliphatic heterocycles. The molecule has 0 fully saturated rings. The lowest BCUT2D eigenvalue weighted by molar-refractivity contribution is -0.139. The minimum absolute atomic E-state index is 0.211. The number of rotatable bonds is 8. The van der Waals surface area contributed by atoms with Crippen LogP contribution < -0.4 is 0 Å². The van der Waals surface area contributed by atoms with Crippen molar-refractivity contribution in [2.24, 2.45) is 0 Å². The highest BCUT2D eigenvalue weighted by Gasteiger charge is 2.24. The Balaban J connectivity index is 1.64. The number of aromatic nitrogens is 1. The van der Waals surface area contributed by atoms with Crippen LogP contribution in [0.4, 0.5) is 4.39 Å². The molecule has 0 saturated heterocycles. The summed E-state index contributed by atoms with van der Waals surface area (Å²) in [7, 11) is 1.59. The molecular formula is C24H25FN2O4S. The molecule has 1 heterocycles. The van der Waals surface area contributed by atoms with Crippen LogP contribution in [0.25, 0.3) is 0 Å². The number of aryl methyl sites for hydroxylation is 2. The molecule has 0 aliphatic rings. The fraction of sp³-hybridized carbons (Fsp3) is 0.292. The number of hydrogen-bond acceptors (Lipinski definition) is 6. The molecule has 0 saturated carbocycles. The van der Waals surface area contributed by atoms with Gasteiger partial charge in [-0.2, -0.15) is 0 Å². The Labute approximate surface area is 190 Å². The second kappa shape index (κ2) is 10.5. The first-order valence-corrected chi connectivity index (χ1v) is 11.1. The average Bonchev–Trinajstić information content (AvgIpc) is 3.09. The number of esters is 1. The third-order valence-corrected chi connectivity index (χ3v) is 6.08. The van der Waals surface area contributed by atoms with Crippen molar-refractivity contribution in [1.82, 2.24) is 10.1 Å². The summed E-state index contributed by atoms with van der Waals surface area (Å²) < 4.78 is 24.0. The lowest BCUT2D eigenvalue weighted by Gasteiger charge is -2.22. The second-order valence-electron chi connectivity index (χ2n) is 7.46. The van der Waals surface area contributed by atoms with Crippen LogP contribution >= 0.6 is 11.8 Å². The van der Waals surface area contributed by atoms with Gasteiger partial charge in [0.2, 0.25) is 0 Å². The van der Waals surface area contributed by atoms with E-state index in [1.807, 2.05) is 26.0 Å². The van der Waals surface area contributed by atoms with E-state index in [4.69, 9.17) is 9.26 Å². The summed E-state index contributed by atoms with van der Waals surface area (Å²) in [6.45, 7) is 5.47. The zero-order valence-electron chi connectivity index (χ0n) is 18.4. The van der Waals surface area contributed by atoms with E-state index in [2.05, 4.69) is 5.16 Å². The maximum atomic E-state index is 13.4. The standard InChI is InChI=1S/C24H25FN2O4S/c1-15-21(16(2)31-26-15)14-32-22-11-6-5-10-20(22)24(29)30-17(3)23(28)27(4)13-18-8-7-9-19(25)12-18/h5-12,17H,13-14H2,1-4H3. The normalized spacial score (nSPS) is 11.8. The van der Waals surface area contributed by atoms with Crippen LogP contribution in [-0.4, -0.2) is 35.1 Å². The Bertz CT molecular complexity index is 1100. The first-order valence-electron chi connectivity index (χ1n) is 10.1. The first-order chi connectivity index (χ1) is 15.3. The zero-order valence-corrected chi connectivity index (χ0v) is 19.2. The molecule has 1 amide bonds. The van der Waals surface area contributed by atoms with E-state index >= 15 is 0 Å². The average molecular weight is 457 g/mol. The Morgan fingerprint density at radius 3 is 2.62 bits per heavy atom. The summed E-state index contributed by atoms with van der Waals surface area (Å²) >= 11 is 1.47. The summed E-state index contributed by atoms with van der Waals surface area (Å²) in [6, 6.07) is 13.1. The number of nitrogens with zero attached hydrogens (tertiary/aromatic N) is 2. The quantitative estimate of drug-likeness (QED) is 0.354. The Morgan fingerprint density at radius 1 is 1.19 bits per heavy atom. The molecule has 0 radical (unpaired) electrons. The molecular weight excluding hydrogens is 431 g/mol. The van der Waals surface area contributed by atoms with Crippen LogP contribution in [0.15, 0.2) is 57.9 Å². The molecule has 1 aromatic heterocycles. The molecule has 1 unspecified atom stereocenters. The molecule has 8 heteroatoms. The summed E-state index contributed by atoms with van der Waals surface area (Å²) in [5.41, 5.74) is 2.84. The number of hydrogen-bond donors (Lipinski definition) is 0. The van der Waals surface area contributed by atoms with E-state index in [9.17, 15) is 14.0 Å². The number of carbonyl (C=O) groups is 2. The highest BCUT2D eigenvalue weighted by Crippen LogP contribution is 2.29. The maximum absolute atomic E-state index is 13.4. The third kappa shape index (κ3) is 5.76. The molecule has 0 spiro atoms. The number of benzene rings is 2. The number of ether oxygens (including phenoxy) is 1. The van der Waals surface area contributed by atoms with Gasteiger partial charge in [0.1, 0.15) is 11.6 Å². The number of thioether (sulfide) groups is 1. The van der Waals surface area contributed by atoms with Gasteiger partial charge in [0.15, 0.2) is 6.10 Å². The van der Waals surface area contributed by atoms with Crippen molar-refractivity contribution in [3.8, 4) is 0 Å². The summed E-state index contributed by atoms with van der Waals surface area (Å²) in [4.78, 5) is 27.6. The van der Waals surface area contributed by atoms with Gasteiger partial charge in [0, 0.05) is 29.8 Å². The lowest BCUT2D eigenvalue weighted by Crippen LogP contribution is -2.37. The summed E-state index contributed by atoms with van der Waals surface area (Å²) in [5.74, 6) is 0.0236. The van der Waals surface area contributed by atoms with Crippen LogP contribution in [0.3, 0.4) is 0 Å². The molecule has 2 aromatic carbocycles. The van der Waals surface area contributed by atoms with Gasteiger partial charge in [-0.1, -0.05) is 29.4 Å². The topological polar surface area (TPSA) is 72.6 Å². The Hall–Kier alpha value is -3.13. The van der Waals surface area contributed by atoms with Crippen LogP contribution in [0.1, 0.15) is 39.9 Å². The van der Waals surface area contributed by atoms with Gasteiger partial charge in [0.05, 0.1) is 11.3 Å². The van der Waals surface area contributed by atoms with Crippen molar-refractivity contribution in [3.05, 3.63) is 82.5 Å². The van der Waals surface area contributed by atoms with Crippen LogP contribution in [0, 0.1) is 19.7 Å². The fourth-order valence-electron chi connectivity index (χ4n) is 3.19. The van der Waals surface area contributed by atoms with E-state index in [1.165, 1.54) is 35.7 Å². The molecule has 6 nitrogen and oxygen atoms in total. The molecule has 3 rings (SSSR count). The Kier molecular flexibility index (Phi) is 7.69. The smallest absolute Gasteiger partial charge is 0.340 e. The summed E-state index contributed by atoms with van der Waals surface area (Å²) in [6.07, 6.45) is -0.985. The minimum atomic E-state index is -0.985. The van der Waals surface area contributed by atoms with Crippen molar-refractivity contribution < 1.29 is 23.2 Å². The van der Waals surface area contributed by atoms with Crippen LogP contribution in [0.5, 0.6) is 0 Å². The predicted octanol–water partition coefficient (Wildman–Crippen LogP) is 4.93. The van der Waals surface area contributed by atoms with Crippen molar-refractivity contribution in [1.29, 1.82) is 0 Å². The summed E-state index contributed by atoms with van der Waals surface area (Å²) in [5, 5.41) is 3.95. The largest absolute Gasteiger partial charge is 0.449 e. The highest BCUT2D eigenvalue weighted by molar-refractivity contribution is 7.98. The molecule has 32 heavy (non-hydrogen) atoms. The number of carbonyl (C=O) groups excluding carboxylic acids is 2. The van der Waals surface area contributed by atoms with E-state index in [1.54, 1.807) is 31.3 Å². The highest BCUT2D eigenvalue weighted by atomic mass is 32.2. The number of likely N-dealkylation sites (N-methyl/N-ethyl adjacent to an activating group) is 1. The number of halogens is 1. The van der Waals surface area contributed by atoms with E-state index in [-0.39, 0.29) is 18.3 Å². The molecule has 0 N–H and O–H groups in total. The SMILES string of the molecule is Cc1noc(C)c1CSc1ccccc1C(=O)OC(C)C(=O)N(C)Cc1cccc(F)c1. The van der Waals surface area contributed by atoms with Gasteiger partial charge in [0.25, 0.3) is 5.91 Å². The van der Waals surface area contributed by atoms with Gasteiger partial charge >= 0.3 is 5.97 Å². The van der Waals surface area contributed by atoms with Gasteiger partial charge in [-0.3, -0.25) is 4.79 Å². The van der Waals surface area contributed by atoms with Gasteiger partial charge in [-0.05, 0) is 50.6 Å². The van der Waals surface area contributed by atoms with E-state index < -0.39 is 12.1 Å². The van der Waals surface area contributed by atoms with Crippen LogP contribution in [0.2, 0.25) is 0 Å². The maximum Gasteiger partial charge on any atom is 0.340 e. The van der Waals surface area contributed by atoms with Crippen molar-refractivity contribution in [3.63, 3.8) is 0 Å². The molecule has 3 aromatic rings. The van der Waals surface area contributed by atoms with Gasteiger partial charge < -0.3 is 14.2 Å². The molecule has 0 bridgehead atoms. The second-order valence-corrected chi connectivity index (χ2v) is 8.48. The molecule has 0 aliphatic carbocycles. The monoisotopic (exact) mass is 456 g/mol.